The lowest BCUT2D eigenvalue weighted by Gasteiger charge is -2.12. The first-order chi connectivity index (χ1) is 19.1. The molecule has 5 aromatic rings. The highest BCUT2D eigenvalue weighted by atomic mass is 19.1. The number of hydrogen-bond acceptors (Lipinski definition) is 5. The molecule has 1 aromatic heterocycles. The van der Waals surface area contributed by atoms with Crippen molar-refractivity contribution in [3.8, 4) is 22.8 Å². The summed E-state index contributed by atoms with van der Waals surface area (Å²) in [5.74, 6) is 0.464. The predicted molar refractivity (Wildman–Crippen MR) is 151 cm³/mol. The molecule has 1 N–H and O–H groups in total. The molecule has 0 radical (unpaired) electrons. The van der Waals surface area contributed by atoms with Crippen molar-refractivity contribution >= 4 is 23.0 Å². The maximum Gasteiger partial charge on any atom is 0.272 e. The molecule has 0 saturated heterocycles. The number of rotatable bonds is 9. The van der Waals surface area contributed by atoms with Crippen molar-refractivity contribution in [3.63, 3.8) is 0 Å². The van der Waals surface area contributed by atoms with Crippen molar-refractivity contribution in [2.24, 2.45) is 5.10 Å². The van der Waals surface area contributed by atoms with Gasteiger partial charge in [-0.15, -0.1) is 0 Å². The van der Waals surface area contributed by atoms with Gasteiger partial charge >= 0.3 is 0 Å². The summed E-state index contributed by atoms with van der Waals surface area (Å²) in [6.45, 7) is 2.60. The van der Waals surface area contributed by atoms with Gasteiger partial charge in [0.25, 0.3) is 5.91 Å². The third kappa shape index (κ3) is 6.27. The average Bonchev–Trinajstić information content (AvgIpc) is 2.97. The molecule has 0 spiro atoms. The fourth-order valence-corrected chi connectivity index (χ4v) is 4.08. The molecule has 0 saturated carbocycles. The standard InChI is InChI=1S/C32H26FN3O3/c1-2-38-31-18-23(14-17-30(31)39-21-22-12-15-25(33)16-13-22)20-34-36-32(37)27-19-29(24-8-4-3-5-9-24)35-28-11-7-6-10-26(27)28/h3-20H,2,21H2,1H3,(H,36,37)/b34-20+. The molecule has 39 heavy (non-hydrogen) atoms. The van der Waals surface area contributed by atoms with Crippen LogP contribution in [0.2, 0.25) is 0 Å². The molecule has 0 atom stereocenters. The Kier molecular flexibility index (Phi) is 7.88. The summed E-state index contributed by atoms with van der Waals surface area (Å²) in [6, 6.07) is 30.6. The molecule has 4 aromatic carbocycles. The first kappa shape index (κ1) is 25.6. The SMILES string of the molecule is CCOc1cc(/C=N/NC(=O)c2cc(-c3ccccc3)nc3ccccc23)ccc1OCc1ccc(F)cc1. The van der Waals surface area contributed by atoms with Gasteiger partial charge in [0.15, 0.2) is 11.5 Å². The number of aromatic nitrogens is 1. The molecule has 0 unspecified atom stereocenters. The van der Waals surface area contributed by atoms with Gasteiger partial charge in [0, 0.05) is 10.9 Å². The largest absolute Gasteiger partial charge is 0.490 e. The van der Waals surface area contributed by atoms with Crippen molar-refractivity contribution in [1.82, 2.24) is 10.4 Å². The number of halogens is 1. The number of benzene rings is 4. The average molecular weight is 520 g/mol. The van der Waals surface area contributed by atoms with Crippen molar-refractivity contribution in [2.45, 2.75) is 13.5 Å². The van der Waals surface area contributed by atoms with E-state index >= 15 is 0 Å². The van der Waals surface area contributed by atoms with Gasteiger partial charge in [-0.1, -0.05) is 60.7 Å². The van der Waals surface area contributed by atoms with Crippen LogP contribution in [0.25, 0.3) is 22.2 Å². The van der Waals surface area contributed by atoms with E-state index in [9.17, 15) is 9.18 Å². The third-order valence-electron chi connectivity index (χ3n) is 5.99. The van der Waals surface area contributed by atoms with E-state index in [1.165, 1.54) is 12.1 Å². The Hall–Kier alpha value is -5.04. The first-order valence-corrected chi connectivity index (χ1v) is 12.5. The Bertz CT molecular complexity index is 1620. The van der Waals surface area contributed by atoms with Crippen LogP contribution in [0, 0.1) is 5.82 Å². The van der Waals surface area contributed by atoms with E-state index in [-0.39, 0.29) is 18.3 Å². The molecule has 7 heteroatoms. The lowest BCUT2D eigenvalue weighted by molar-refractivity contribution is 0.0956. The maximum absolute atomic E-state index is 13.2. The van der Waals surface area contributed by atoms with Crippen molar-refractivity contribution < 1.29 is 18.7 Å². The fraction of sp³-hybridized carbons (Fsp3) is 0.0938. The number of fused-ring (bicyclic) bond motifs is 1. The second kappa shape index (κ2) is 12.0. The highest BCUT2D eigenvalue weighted by molar-refractivity contribution is 6.07. The number of pyridine rings is 1. The highest BCUT2D eigenvalue weighted by Gasteiger charge is 2.14. The number of hydrogen-bond donors (Lipinski definition) is 1. The Labute approximate surface area is 225 Å². The van der Waals surface area contributed by atoms with E-state index in [2.05, 4.69) is 10.5 Å². The van der Waals surface area contributed by atoms with Crippen LogP contribution in [0.3, 0.4) is 0 Å². The van der Waals surface area contributed by atoms with Crippen LogP contribution < -0.4 is 14.9 Å². The van der Waals surface area contributed by atoms with Crippen molar-refractivity contribution in [3.05, 3.63) is 126 Å². The number of nitrogens with zero attached hydrogens (tertiary/aromatic N) is 2. The minimum Gasteiger partial charge on any atom is -0.490 e. The second-order valence-electron chi connectivity index (χ2n) is 8.69. The first-order valence-electron chi connectivity index (χ1n) is 12.5. The predicted octanol–water partition coefficient (Wildman–Crippen LogP) is 6.78. The second-order valence-corrected chi connectivity index (χ2v) is 8.69. The van der Waals surface area contributed by atoms with Gasteiger partial charge in [0.2, 0.25) is 0 Å². The highest BCUT2D eigenvalue weighted by Crippen LogP contribution is 2.29. The summed E-state index contributed by atoms with van der Waals surface area (Å²) in [4.78, 5) is 17.9. The number of amides is 1. The van der Waals surface area contributed by atoms with Crippen LogP contribution in [0.15, 0.2) is 108 Å². The number of hydrazone groups is 1. The van der Waals surface area contributed by atoms with Gasteiger partial charge in [-0.2, -0.15) is 5.10 Å². The summed E-state index contributed by atoms with van der Waals surface area (Å²) in [7, 11) is 0. The Morgan fingerprint density at radius 3 is 2.46 bits per heavy atom. The summed E-state index contributed by atoms with van der Waals surface area (Å²) in [5, 5.41) is 4.92. The van der Waals surface area contributed by atoms with Crippen molar-refractivity contribution in [1.29, 1.82) is 0 Å². The Balaban J connectivity index is 1.32. The zero-order chi connectivity index (χ0) is 27.0. The minimum absolute atomic E-state index is 0.273. The quantitative estimate of drug-likeness (QED) is 0.172. The van der Waals surface area contributed by atoms with Crippen LogP contribution >= 0.6 is 0 Å². The Morgan fingerprint density at radius 2 is 1.67 bits per heavy atom. The molecular formula is C32H26FN3O3. The minimum atomic E-state index is -0.341. The fourth-order valence-electron chi connectivity index (χ4n) is 4.08. The number of para-hydroxylation sites is 1. The zero-order valence-corrected chi connectivity index (χ0v) is 21.3. The lowest BCUT2D eigenvalue weighted by atomic mass is 10.0. The summed E-state index contributed by atoms with van der Waals surface area (Å²) >= 11 is 0. The van der Waals surface area contributed by atoms with Gasteiger partial charge < -0.3 is 9.47 Å². The van der Waals surface area contributed by atoms with Gasteiger partial charge in [-0.25, -0.2) is 14.8 Å². The van der Waals surface area contributed by atoms with E-state index in [1.54, 1.807) is 36.5 Å². The van der Waals surface area contributed by atoms with Crippen molar-refractivity contribution in [2.75, 3.05) is 6.61 Å². The summed E-state index contributed by atoms with van der Waals surface area (Å²) in [6.07, 6.45) is 1.55. The molecule has 0 bridgehead atoms. The van der Waals surface area contributed by atoms with Crippen LogP contribution in [-0.2, 0) is 6.61 Å². The smallest absolute Gasteiger partial charge is 0.272 e. The molecular weight excluding hydrogens is 493 g/mol. The molecule has 0 fully saturated rings. The molecule has 0 aliphatic rings. The number of carbonyl (C=O) groups is 1. The van der Waals surface area contributed by atoms with Crippen LogP contribution in [-0.4, -0.2) is 23.7 Å². The van der Waals surface area contributed by atoms with Gasteiger partial charge in [0.1, 0.15) is 12.4 Å². The van der Waals surface area contributed by atoms with E-state index in [0.717, 1.165) is 27.6 Å². The number of carbonyl (C=O) groups excluding carboxylic acids is 1. The van der Waals surface area contributed by atoms with Crippen LogP contribution in [0.5, 0.6) is 11.5 Å². The Morgan fingerprint density at radius 1 is 0.897 bits per heavy atom. The van der Waals surface area contributed by atoms with E-state index in [0.29, 0.717) is 29.4 Å². The van der Waals surface area contributed by atoms with E-state index < -0.39 is 0 Å². The van der Waals surface area contributed by atoms with Crippen LogP contribution in [0.1, 0.15) is 28.4 Å². The summed E-state index contributed by atoms with van der Waals surface area (Å²) < 4.78 is 24.8. The summed E-state index contributed by atoms with van der Waals surface area (Å²) in [5.41, 5.74) is 7.04. The number of nitrogens with one attached hydrogen (secondary N) is 1. The monoisotopic (exact) mass is 519 g/mol. The van der Waals surface area contributed by atoms with Gasteiger partial charge in [-0.3, -0.25) is 4.79 Å². The normalized spacial score (nSPS) is 11.0. The number of ether oxygens (including phenoxy) is 2. The molecule has 1 heterocycles. The zero-order valence-electron chi connectivity index (χ0n) is 21.3. The lowest BCUT2D eigenvalue weighted by Crippen LogP contribution is -2.18. The van der Waals surface area contributed by atoms with E-state index in [1.807, 2.05) is 67.6 Å². The molecule has 1 amide bonds. The molecule has 0 aliphatic carbocycles. The van der Waals surface area contributed by atoms with Gasteiger partial charge in [0.05, 0.1) is 29.6 Å². The molecule has 6 nitrogen and oxygen atoms in total. The topological polar surface area (TPSA) is 72.8 Å². The molecule has 194 valence electrons. The third-order valence-corrected chi connectivity index (χ3v) is 5.99. The van der Waals surface area contributed by atoms with Crippen LogP contribution in [0.4, 0.5) is 4.39 Å². The molecule has 5 rings (SSSR count). The molecule has 0 aliphatic heterocycles. The maximum atomic E-state index is 13.2. The van der Waals surface area contributed by atoms with Gasteiger partial charge in [-0.05, 0) is 60.5 Å². The van der Waals surface area contributed by atoms with E-state index in [4.69, 9.17) is 14.5 Å².